The third-order valence-electron chi connectivity index (χ3n) is 2.76. The zero-order chi connectivity index (χ0) is 11.5. The first-order valence-corrected chi connectivity index (χ1v) is 6.06. The van der Waals surface area contributed by atoms with Crippen molar-refractivity contribution in [2.75, 3.05) is 18.9 Å². The Bertz CT molecular complexity index is 397. The lowest BCUT2D eigenvalue weighted by Gasteiger charge is -2.31. The Morgan fingerprint density at radius 1 is 1.62 bits per heavy atom. The van der Waals surface area contributed by atoms with Crippen molar-refractivity contribution in [1.29, 1.82) is 0 Å². The molecule has 16 heavy (non-hydrogen) atoms. The molecule has 1 fully saturated rings. The highest BCUT2D eigenvalue weighted by Gasteiger charge is 2.22. The van der Waals surface area contributed by atoms with Gasteiger partial charge in [-0.2, -0.15) is 0 Å². The van der Waals surface area contributed by atoms with Crippen LogP contribution in [0.25, 0.3) is 0 Å². The van der Waals surface area contributed by atoms with E-state index in [0.29, 0.717) is 12.5 Å². The van der Waals surface area contributed by atoms with E-state index >= 15 is 0 Å². The van der Waals surface area contributed by atoms with Crippen LogP contribution in [0.3, 0.4) is 0 Å². The Kier molecular flexibility index (Phi) is 3.43. The number of likely N-dealkylation sites (tertiary alicyclic amines) is 1. The number of carbonyl (C=O) groups excluding carboxylic acids is 1. The van der Waals surface area contributed by atoms with E-state index in [0.717, 1.165) is 23.1 Å². The van der Waals surface area contributed by atoms with Gasteiger partial charge in [-0.25, -0.2) is 0 Å². The molecule has 1 aromatic heterocycles. The number of likely N-dealkylation sites (N-methyl/N-ethyl adjacent to an activating group) is 1. The molecule has 1 aliphatic heterocycles. The fraction of sp³-hybridized carbons (Fsp3) is 0.455. The quantitative estimate of drug-likeness (QED) is 0.902. The van der Waals surface area contributed by atoms with Crippen LogP contribution in [0.1, 0.15) is 12.8 Å². The standard InChI is InChI=1S/C11H14BrN3O/c1-15-7-8(2-3-11(15)16)14-10-4-5-13-6-9(10)12/h4-6,8H,2-3,7H2,1H3,(H,13,14). The normalized spacial score (nSPS) is 21.0. The van der Waals surface area contributed by atoms with E-state index in [-0.39, 0.29) is 5.91 Å². The van der Waals surface area contributed by atoms with E-state index in [2.05, 4.69) is 26.2 Å². The Hall–Kier alpha value is -1.10. The summed E-state index contributed by atoms with van der Waals surface area (Å²) < 4.78 is 0.953. The molecule has 1 aliphatic rings. The molecule has 0 bridgehead atoms. The summed E-state index contributed by atoms with van der Waals surface area (Å²) in [6.45, 7) is 0.758. The molecule has 0 radical (unpaired) electrons. The van der Waals surface area contributed by atoms with E-state index in [1.807, 2.05) is 13.1 Å². The van der Waals surface area contributed by atoms with Crippen molar-refractivity contribution in [2.24, 2.45) is 0 Å². The number of rotatable bonds is 2. The van der Waals surface area contributed by atoms with Gasteiger partial charge in [-0.15, -0.1) is 0 Å². The molecule has 4 nitrogen and oxygen atoms in total. The van der Waals surface area contributed by atoms with Gasteiger partial charge < -0.3 is 10.2 Å². The lowest BCUT2D eigenvalue weighted by atomic mass is 10.1. The van der Waals surface area contributed by atoms with Crippen molar-refractivity contribution in [1.82, 2.24) is 9.88 Å². The van der Waals surface area contributed by atoms with Crippen molar-refractivity contribution in [3.8, 4) is 0 Å². The van der Waals surface area contributed by atoms with Crippen LogP contribution >= 0.6 is 15.9 Å². The van der Waals surface area contributed by atoms with Crippen LogP contribution in [-0.2, 0) is 4.79 Å². The molecule has 2 rings (SSSR count). The smallest absolute Gasteiger partial charge is 0.222 e. The van der Waals surface area contributed by atoms with Gasteiger partial charge in [0.15, 0.2) is 0 Å². The maximum Gasteiger partial charge on any atom is 0.222 e. The lowest BCUT2D eigenvalue weighted by Crippen LogP contribution is -2.43. The highest BCUT2D eigenvalue weighted by atomic mass is 79.9. The van der Waals surface area contributed by atoms with E-state index in [1.54, 1.807) is 17.3 Å². The van der Waals surface area contributed by atoms with Gasteiger partial charge in [-0.05, 0) is 28.4 Å². The second-order valence-corrected chi connectivity index (χ2v) is 4.86. The lowest BCUT2D eigenvalue weighted by molar-refractivity contribution is -0.132. The molecular weight excluding hydrogens is 270 g/mol. The average Bonchev–Trinajstić information content (AvgIpc) is 2.27. The Balaban J connectivity index is 2.01. The number of halogens is 1. The van der Waals surface area contributed by atoms with E-state index in [1.165, 1.54) is 0 Å². The van der Waals surface area contributed by atoms with Crippen LogP contribution in [0.4, 0.5) is 5.69 Å². The van der Waals surface area contributed by atoms with Gasteiger partial charge in [-0.3, -0.25) is 9.78 Å². The number of piperidine rings is 1. The molecule has 2 heterocycles. The molecule has 1 unspecified atom stereocenters. The zero-order valence-electron chi connectivity index (χ0n) is 9.11. The number of amides is 1. The number of aromatic nitrogens is 1. The third kappa shape index (κ3) is 2.52. The molecule has 0 saturated carbocycles. The number of nitrogens with one attached hydrogen (secondary N) is 1. The van der Waals surface area contributed by atoms with Crippen LogP contribution in [-0.4, -0.2) is 35.4 Å². The minimum Gasteiger partial charge on any atom is -0.380 e. The van der Waals surface area contributed by atoms with E-state index in [4.69, 9.17) is 0 Å². The molecule has 0 spiro atoms. The van der Waals surface area contributed by atoms with Crippen molar-refractivity contribution < 1.29 is 4.79 Å². The van der Waals surface area contributed by atoms with E-state index < -0.39 is 0 Å². The fourth-order valence-electron chi connectivity index (χ4n) is 1.84. The second-order valence-electron chi connectivity index (χ2n) is 4.01. The minimum atomic E-state index is 0.229. The summed E-state index contributed by atoms with van der Waals surface area (Å²) in [5.74, 6) is 0.229. The number of pyridine rings is 1. The maximum atomic E-state index is 11.3. The number of carbonyl (C=O) groups is 1. The first kappa shape index (κ1) is 11.4. The summed E-state index contributed by atoms with van der Waals surface area (Å²) in [6, 6.07) is 2.25. The molecule has 1 N–H and O–H groups in total. The fourth-order valence-corrected chi connectivity index (χ4v) is 2.21. The summed E-state index contributed by atoms with van der Waals surface area (Å²) in [5.41, 5.74) is 1.03. The van der Waals surface area contributed by atoms with Crippen LogP contribution in [0, 0.1) is 0 Å². The van der Waals surface area contributed by atoms with E-state index in [9.17, 15) is 4.79 Å². The minimum absolute atomic E-state index is 0.229. The highest BCUT2D eigenvalue weighted by molar-refractivity contribution is 9.10. The number of nitrogens with zero attached hydrogens (tertiary/aromatic N) is 2. The summed E-state index contributed by atoms with van der Waals surface area (Å²) in [5, 5.41) is 3.42. The van der Waals surface area contributed by atoms with Crippen molar-refractivity contribution in [2.45, 2.75) is 18.9 Å². The van der Waals surface area contributed by atoms with Crippen LogP contribution in [0.15, 0.2) is 22.9 Å². The summed E-state index contributed by atoms with van der Waals surface area (Å²) in [6.07, 6.45) is 5.03. The SMILES string of the molecule is CN1CC(Nc2ccncc2Br)CCC1=O. The molecule has 1 aromatic rings. The van der Waals surface area contributed by atoms with Gasteiger partial charge >= 0.3 is 0 Å². The zero-order valence-corrected chi connectivity index (χ0v) is 10.7. The Morgan fingerprint density at radius 3 is 3.12 bits per heavy atom. The molecule has 0 aromatic carbocycles. The molecule has 1 atom stereocenters. The summed E-state index contributed by atoms with van der Waals surface area (Å²) >= 11 is 3.44. The van der Waals surface area contributed by atoms with Gasteiger partial charge in [0, 0.05) is 38.4 Å². The van der Waals surface area contributed by atoms with Gasteiger partial charge in [-0.1, -0.05) is 0 Å². The van der Waals surface area contributed by atoms with Gasteiger partial charge in [0.25, 0.3) is 0 Å². The Labute approximate surface area is 103 Å². The average molecular weight is 284 g/mol. The molecule has 0 aliphatic carbocycles. The predicted octanol–water partition coefficient (Wildman–Crippen LogP) is 1.88. The predicted molar refractivity (Wildman–Crippen MR) is 66.2 cm³/mol. The summed E-state index contributed by atoms with van der Waals surface area (Å²) in [4.78, 5) is 17.1. The molecule has 1 amide bonds. The largest absolute Gasteiger partial charge is 0.380 e. The van der Waals surface area contributed by atoms with Gasteiger partial charge in [0.2, 0.25) is 5.91 Å². The molecule has 86 valence electrons. The monoisotopic (exact) mass is 283 g/mol. The highest BCUT2D eigenvalue weighted by Crippen LogP contribution is 2.23. The number of hydrogen-bond acceptors (Lipinski definition) is 3. The maximum absolute atomic E-state index is 11.3. The van der Waals surface area contributed by atoms with Crippen molar-refractivity contribution >= 4 is 27.5 Å². The number of hydrogen-bond donors (Lipinski definition) is 1. The van der Waals surface area contributed by atoms with Crippen molar-refractivity contribution in [3.63, 3.8) is 0 Å². The second kappa shape index (κ2) is 4.82. The molecule has 5 heteroatoms. The van der Waals surface area contributed by atoms with Gasteiger partial charge in [0.1, 0.15) is 0 Å². The van der Waals surface area contributed by atoms with Crippen LogP contribution < -0.4 is 5.32 Å². The first-order chi connectivity index (χ1) is 7.66. The topological polar surface area (TPSA) is 45.2 Å². The Morgan fingerprint density at radius 2 is 2.44 bits per heavy atom. The third-order valence-corrected chi connectivity index (χ3v) is 3.39. The molecular formula is C11H14BrN3O. The first-order valence-electron chi connectivity index (χ1n) is 5.27. The van der Waals surface area contributed by atoms with Crippen LogP contribution in [0.2, 0.25) is 0 Å². The van der Waals surface area contributed by atoms with Gasteiger partial charge in [0.05, 0.1) is 10.2 Å². The molecule has 1 saturated heterocycles. The number of anilines is 1. The summed E-state index contributed by atoms with van der Waals surface area (Å²) in [7, 11) is 1.85. The van der Waals surface area contributed by atoms with Crippen LogP contribution in [0.5, 0.6) is 0 Å². The van der Waals surface area contributed by atoms with Crippen molar-refractivity contribution in [3.05, 3.63) is 22.9 Å².